The van der Waals surface area contributed by atoms with Gasteiger partial charge in [-0.2, -0.15) is 0 Å². The molecule has 5 saturated carbocycles. The second-order valence-electron chi connectivity index (χ2n) is 28.8. The topological polar surface area (TPSA) is 425 Å². The van der Waals surface area contributed by atoms with Gasteiger partial charge in [0.1, 0.15) is 110 Å². The molecule has 27 nitrogen and oxygen atoms in total. The van der Waals surface area contributed by atoms with Crippen molar-refractivity contribution < 1.29 is 134 Å². The van der Waals surface area contributed by atoms with Gasteiger partial charge in [0, 0.05) is 17.4 Å². The van der Waals surface area contributed by atoms with Gasteiger partial charge < -0.3 is 134 Å². The summed E-state index contributed by atoms with van der Waals surface area (Å²) in [5, 5.41) is 175. The van der Waals surface area contributed by atoms with Gasteiger partial charge in [-0.15, -0.1) is 0 Å². The molecule has 0 aromatic heterocycles. The molecular formula is C58H96O27. The van der Waals surface area contributed by atoms with Gasteiger partial charge in [0.15, 0.2) is 31.5 Å². The molecule has 6 heterocycles. The Kier molecular flexibility index (Phi) is 18.3. The van der Waals surface area contributed by atoms with Crippen molar-refractivity contribution in [3.63, 3.8) is 0 Å². The number of ether oxygens (including phenoxy) is 11. The summed E-state index contributed by atoms with van der Waals surface area (Å²) in [6.07, 6.45) is -34.5. The largest absolute Gasteiger partial charge is 0.396 e. The van der Waals surface area contributed by atoms with Gasteiger partial charge in [0.2, 0.25) is 0 Å². The summed E-state index contributed by atoms with van der Waals surface area (Å²) in [5.74, 6) is 0.421. The fourth-order valence-corrected chi connectivity index (χ4v) is 18.9. The Balaban J connectivity index is 0.867. The highest BCUT2D eigenvalue weighted by Crippen LogP contribution is 2.80. The van der Waals surface area contributed by atoms with Crippen LogP contribution in [0.1, 0.15) is 106 Å². The van der Waals surface area contributed by atoms with Gasteiger partial charge in [-0.3, -0.25) is 0 Å². The monoisotopic (exact) mass is 1220 g/mol. The zero-order valence-electron chi connectivity index (χ0n) is 49.3. The summed E-state index contributed by atoms with van der Waals surface area (Å²) in [4.78, 5) is 0. The molecule has 16 N–H and O–H groups in total. The molecule has 0 aromatic rings. The molecular weight excluding hydrogens is 1130 g/mol. The molecule has 11 aliphatic rings. The van der Waals surface area contributed by atoms with Crippen LogP contribution in [-0.4, -0.2) is 287 Å². The molecule has 0 amide bonds. The molecule has 1 spiro atoms. The van der Waals surface area contributed by atoms with Crippen LogP contribution in [-0.2, 0) is 52.1 Å². The lowest BCUT2D eigenvalue weighted by Gasteiger charge is -2.75. The minimum atomic E-state index is -2.03. The number of aliphatic hydroxyl groups excluding tert-OH is 16. The third-order valence-corrected chi connectivity index (χ3v) is 24.2. The summed E-state index contributed by atoms with van der Waals surface area (Å²) >= 11 is 0. The molecule has 11 rings (SSSR count). The highest BCUT2D eigenvalue weighted by atomic mass is 16.8. The maximum Gasteiger partial charge on any atom is 0.187 e. The lowest BCUT2D eigenvalue weighted by atomic mass is 9.30. The zero-order chi connectivity index (χ0) is 61.5. The van der Waals surface area contributed by atoms with Crippen LogP contribution in [0.3, 0.4) is 0 Å². The second-order valence-corrected chi connectivity index (χ2v) is 28.8. The van der Waals surface area contributed by atoms with E-state index < -0.39 is 198 Å². The molecule has 6 aliphatic heterocycles. The van der Waals surface area contributed by atoms with Gasteiger partial charge in [0.05, 0.1) is 57.5 Å². The Morgan fingerprint density at radius 1 is 0.447 bits per heavy atom. The molecule has 11 fully saturated rings. The third kappa shape index (κ3) is 10.3. The average Bonchev–Trinajstić information content (AvgIpc) is 1.63. The average molecular weight is 1230 g/mol. The summed E-state index contributed by atoms with van der Waals surface area (Å²) in [7, 11) is 0. The lowest BCUT2D eigenvalue weighted by molar-refractivity contribution is -0.404. The fourth-order valence-electron chi connectivity index (χ4n) is 18.9. The van der Waals surface area contributed by atoms with Crippen molar-refractivity contribution in [2.75, 3.05) is 46.2 Å². The van der Waals surface area contributed by atoms with Gasteiger partial charge in [0.25, 0.3) is 0 Å². The van der Waals surface area contributed by atoms with E-state index in [1.807, 2.05) is 0 Å². The molecule has 5 aliphatic carbocycles. The van der Waals surface area contributed by atoms with Crippen LogP contribution in [0.5, 0.6) is 0 Å². The molecule has 85 heavy (non-hydrogen) atoms. The molecule has 490 valence electrons. The van der Waals surface area contributed by atoms with Crippen LogP contribution >= 0.6 is 0 Å². The zero-order valence-corrected chi connectivity index (χ0v) is 49.3. The van der Waals surface area contributed by atoms with Crippen molar-refractivity contribution in [1.82, 2.24) is 0 Å². The van der Waals surface area contributed by atoms with E-state index >= 15 is 0 Å². The predicted octanol–water partition coefficient (Wildman–Crippen LogP) is -4.28. The van der Waals surface area contributed by atoms with Crippen molar-refractivity contribution in [2.24, 2.45) is 50.2 Å². The molecule has 27 heteroatoms. The SMILES string of the molecule is CC1(C)[C@@H](O[C@@H]2OC[C@H](O[C@@H]3O[C@H](CO)[C@@H](O)[C@H](O[C@@H]4O[C@H](CO)[C@@H](O)[C@H](O)[C@H]4O)[C@H]3O[C@@H]3OC[C@@H](O)[C@H](O)[C@H]3O)[C@H](O)[C@H]2O[C@@H]2O[C@H](CO)[C@@H](O)[C@H](O)[C@H]2O)CC[C@]2(C)[C@H]3CC[C@]45OC[C@@]6(CC[C@](C)(CO)C[C@H]64)[C@H](O)C[C@@]5(C)[C@]3(C)CC[C@@H]12. The van der Waals surface area contributed by atoms with Gasteiger partial charge in [-0.25, -0.2) is 0 Å². The smallest absolute Gasteiger partial charge is 0.187 e. The minimum Gasteiger partial charge on any atom is -0.396 e. The molecule has 0 radical (unpaired) electrons. The Morgan fingerprint density at radius 2 is 1.01 bits per heavy atom. The van der Waals surface area contributed by atoms with Gasteiger partial charge >= 0.3 is 0 Å². The van der Waals surface area contributed by atoms with Gasteiger partial charge in [-0.05, 0) is 104 Å². The van der Waals surface area contributed by atoms with Crippen molar-refractivity contribution in [3.8, 4) is 0 Å². The maximum absolute atomic E-state index is 12.7. The van der Waals surface area contributed by atoms with Crippen molar-refractivity contribution >= 4 is 0 Å². The summed E-state index contributed by atoms with van der Waals surface area (Å²) in [6, 6.07) is 0. The first kappa shape index (κ1) is 65.4. The molecule has 2 bridgehead atoms. The number of aliphatic hydroxyl groups is 16. The number of hydrogen-bond donors (Lipinski definition) is 16. The van der Waals surface area contributed by atoms with E-state index in [9.17, 15) is 81.7 Å². The molecule has 34 atom stereocenters. The normalized spacial score (nSPS) is 57.7. The van der Waals surface area contributed by atoms with Crippen LogP contribution < -0.4 is 0 Å². The third-order valence-electron chi connectivity index (χ3n) is 24.2. The van der Waals surface area contributed by atoms with Crippen LogP contribution in [0.15, 0.2) is 0 Å². The Bertz CT molecular complexity index is 2310. The maximum atomic E-state index is 12.7. The molecule has 6 saturated heterocycles. The van der Waals surface area contributed by atoms with Crippen molar-refractivity contribution in [2.45, 2.75) is 265 Å². The first-order chi connectivity index (χ1) is 40.0. The summed E-state index contributed by atoms with van der Waals surface area (Å²) in [6.45, 7) is 10.6. The molecule has 0 unspecified atom stereocenters. The summed E-state index contributed by atoms with van der Waals surface area (Å²) < 4.78 is 68.7. The van der Waals surface area contributed by atoms with E-state index in [1.165, 1.54) is 0 Å². The van der Waals surface area contributed by atoms with E-state index in [2.05, 4.69) is 41.5 Å². The first-order valence-electron chi connectivity index (χ1n) is 30.7. The Hall–Kier alpha value is -1.08. The van der Waals surface area contributed by atoms with Crippen molar-refractivity contribution in [3.05, 3.63) is 0 Å². The Labute approximate surface area is 493 Å². The number of fused-ring (bicyclic) bond motifs is 4. The minimum absolute atomic E-state index is 0.0812. The Morgan fingerprint density at radius 3 is 1.64 bits per heavy atom. The van der Waals surface area contributed by atoms with E-state index in [-0.39, 0.29) is 51.4 Å². The van der Waals surface area contributed by atoms with E-state index in [0.29, 0.717) is 19.4 Å². The first-order valence-corrected chi connectivity index (χ1v) is 30.7. The van der Waals surface area contributed by atoms with Gasteiger partial charge in [-0.1, -0.05) is 41.5 Å². The highest BCUT2D eigenvalue weighted by molar-refractivity contribution is 5.28. The standard InChI is InChI=1S/C58H96O27/c1-52(2)29-7-11-55(5)30(8-12-58-31-15-53(3,22-62)13-14-57(31,23-77-58)32(64)16-56(55,58)6)54(29,4)10-9-33(52)82-50-45(84-49-43(74)40(71)36(67)26(18-60)79-49)38(69)28(21-76-50)81-51-46(85-47-41(72)34(65)24(63)20-75-47)44(37(68)27(19-61)80-51)83-48-42(73)39(70)35(66)25(17-59)78-48/h24-51,59-74H,7-23H2,1-6H3/t24-,25-,26-,27-,28+,29+,30-,31-,32-,33+,34+,35-,36-,37-,38+,39+,40+,41-,42-,43-,44+,45-,46-,47+,48+,49+,50+,51+,53+,54+,55-,56+,57-,58+/m1/s1. The van der Waals surface area contributed by atoms with Crippen LogP contribution in [0, 0.1) is 50.2 Å². The van der Waals surface area contributed by atoms with Crippen LogP contribution in [0.2, 0.25) is 0 Å². The van der Waals surface area contributed by atoms with Crippen LogP contribution in [0.25, 0.3) is 0 Å². The van der Waals surface area contributed by atoms with E-state index in [4.69, 9.17) is 52.1 Å². The summed E-state index contributed by atoms with van der Waals surface area (Å²) in [5.41, 5.74) is -2.46. The van der Waals surface area contributed by atoms with Crippen LogP contribution in [0.4, 0.5) is 0 Å². The number of hydrogen-bond acceptors (Lipinski definition) is 27. The highest BCUT2D eigenvalue weighted by Gasteiger charge is 2.80. The second kappa shape index (κ2) is 23.8. The quantitative estimate of drug-likeness (QED) is 0.0732. The van der Waals surface area contributed by atoms with E-state index in [0.717, 1.165) is 51.4 Å². The predicted molar refractivity (Wildman–Crippen MR) is 284 cm³/mol. The fraction of sp³-hybridized carbons (Fsp3) is 1.00. The van der Waals surface area contributed by atoms with E-state index in [1.54, 1.807) is 0 Å². The number of rotatable bonds is 14. The lowest BCUT2D eigenvalue weighted by Crippen LogP contribution is -2.74. The molecule has 0 aromatic carbocycles. The van der Waals surface area contributed by atoms with Crippen molar-refractivity contribution in [1.29, 1.82) is 0 Å².